The third-order valence-electron chi connectivity index (χ3n) is 3.41. The summed E-state index contributed by atoms with van der Waals surface area (Å²) in [7, 11) is 1.69. The fourth-order valence-electron chi connectivity index (χ4n) is 2.29. The lowest BCUT2D eigenvalue weighted by Gasteiger charge is -2.17. The Morgan fingerprint density at radius 3 is 2.95 bits per heavy atom. The Morgan fingerprint density at radius 2 is 2.24 bits per heavy atom. The molecule has 0 radical (unpaired) electrons. The fourth-order valence-corrected chi connectivity index (χ4v) is 2.29. The Bertz CT molecular complexity index is 583. The first kappa shape index (κ1) is 15.5. The molecule has 5 heteroatoms. The number of hydrogen-bond donors (Lipinski definition) is 1. The Hall–Kier alpha value is -1.88. The van der Waals surface area contributed by atoms with E-state index in [-0.39, 0.29) is 11.9 Å². The lowest BCUT2D eigenvalue weighted by Crippen LogP contribution is -2.13. The highest BCUT2D eigenvalue weighted by atomic mass is 19.1. The van der Waals surface area contributed by atoms with Crippen LogP contribution in [-0.4, -0.2) is 29.8 Å². The van der Waals surface area contributed by atoms with Gasteiger partial charge in [0.15, 0.2) is 0 Å². The zero-order valence-electron chi connectivity index (χ0n) is 12.8. The largest absolute Gasteiger partial charge is 0.385 e. The number of nitrogens with zero attached hydrogens (tertiary/aromatic N) is 2. The second-order valence-electron chi connectivity index (χ2n) is 5.12. The van der Waals surface area contributed by atoms with Crippen LogP contribution in [0.2, 0.25) is 0 Å². The van der Waals surface area contributed by atoms with Gasteiger partial charge in [0.05, 0.1) is 11.7 Å². The van der Waals surface area contributed by atoms with Crippen LogP contribution in [0, 0.1) is 12.7 Å². The van der Waals surface area contributed by atoms with Gasteiger partial charge in [0.2, 0.25) is 5.95 Å². The Morgan fingerprint density at radius 1 is 1.43 bits per heavy atom. The predicted octanol–water partition coefficient (Wildman–Crippen LogP) is 3.39. The van der Waals surface area contributed by atoms with Crippen LogP contribution in [0.25, 0.3) is 0 Å². The van der Waals surface area contributed by atoms with Crippen molar-refractivity contribution in [2.75, 3.05) is 25.6 Å². The molecule has 0 amide bonds. The van der Waals surface area contributed by atoms with Crippen molar-refractivity contribution in [1.82, 2.24) is 9.55 Å². The van der Waals surface area contributed by atoms with Crippen molar-refractivity contribution in [3.05, 3.63) is 47.5 Å². The zero-order valence-corrected chi connectivity index (χ0v) is 12.8. The van der Waals surface area contributed by atoms with Crippen molar-refractivity contribution in [2.45, 2.75) is 26.3 Å². The summed E-state index contributed by atoms with van der Waals surface area (Å²) in [6, 6.07) is 6.70. The molecule has 1 atom stereocenters. The van der Waals surface area contributed by atoms with Crippen molar-refractivity contribution in [2.24, 2.45) is 0 Å². The molecule has 1 aromatic carbocycles. The van der Waals surface area contributed by atoms with Crippen LogP contribution in [0.4, 0.5) is 10.3 Å². The average molecular weight is 291 g/mol. The molecule has 1 N–H and O–H groups in total. The number of aryl methyl sites for hydroxylation is 1. The summed E-state index contributed by atoms with van der Waals surface area (Å²) in [5, 5.41) is 3.31. The maximum absolute atomic E-state index is 13.4. The van der Waals surface area contributed by atoms with Gasteiger partial charge in [-0.2, -0.15) is 0 Å². The number of nitrogens with one attached hydrogen (secondary N) is 1. The van der Waals surface area contributed by atoms with Gasteiger partial charge in [-0.3, -0.25) is 0 Å². The third kappa shape index (κ3) is 4.04. The van der Waals surface area contributed by atoms with E-state index in [9.17, 15) is 4.39 Å². The molecule has 1 unspecified atom stereocenters. The summed E-state index contributed by atoms with van der Waals surface area (Å²) < 4.78 is 20.5. The number of methoxy groups -OCH3 is 1. The van der Waals surface area contributed by atoms with Crippen LogP contribution in [0.3, 0.4) is 0 Å². The highest BCUT2D eigenvalue weighted by Gasteiger charge is 2.14. The number of imidazole rings is 1. The Kier molecular flexibility index (Phi) is 5.33. The number of ether oxygens (including phenoxy) is 1. The highest BCUT2D eigenvalue weighted by Crippen LogP contribution is 2.23. The van der Waals surface area contributed by atoms with Gasteiger partial charge in [-0.25, -0.2) is 9.37 Å². The molecular formula is C16H22FN3O. The van der Waals surface area contributed by atoms with Gasteiger partial charge in [-0.15, -0.1) is 0 Å². The Balaban J connectivity index is 2.14. The van der Waals surface area contributed by atoms with Crippen LogP contribution in [0.1, 0.15) is 30.6 Å². The van der Waals surface area contributed by atoms with E-state index in [2.05, 4.69) is 10.3 Å². The molecule has 21 heavy (non-hydrogen) atoms. The first-order valence-electron chi connectivity index (χ1n) is 7.15. The van der Waals surface area contributed by atoms with Gasteiger partial charge in [0.25, 0.3) is 0 Å². The van der Waals surface area contributed by atoms with E-state index < -0.39 is 0 Å². The third-order valence-corrected chi connectivity index (χ3v) is 3.41. The van der Waals surface area contributed by atoms with Gasteiger partial charge in [0, 0.05) is 26.5 Å². The number of halogens is 1. The van der Waals surface area contributed by atoms with Gasteiger partial charge in [-0.05, 0) is 38.0 Å². The van der Waals surface area contributed by atoms with Crippen molar-refractivity contribution < 1.29 is 9.13 Å². The van der Waals surface area contributed by atoms with Gasteiger partial charge in [0.1, 0.15) is 5.82 Å². The highest BCUT2D eigenvalue weighted by molar-refractivity contribution is 5.32. The molecule has 0 spiro atoms. The van der Waals surface area contributed by atoms with E-state index in [0.29, 0.717) is 6.61 Å². The number of aromatic nitrogens is 2. The molecule has 2 rings (SSSR count). The predicted molar refractivity (Wildman–Crippen MR) is 82.2 cm³/mol. The standard InChI is InChI=1S/C16H22FN3O/c1-12-11-20(16(19-12)18-8-5-9-21-3)13(2)14-6-4-7-15(17)10-14/h4,6-7,10-11,13H,5,8-9H2,1-3H3,(H,18,19). The van der Waals surface area contributed by atoms with Crippen LogP contribution in [0.5, 0.6) is 0 Å². The van der Waals surface area contributed by atoms with Crippen LogP contribution in [0.15, 0.2) is 30.5 Å². The minimum absolute atomic E-state index is 0.0202. The quantitative estimate of drug-likeness (QED) is 0.795. The summed E-state index contributed by atoms with van der Waals surface area (Å²) in [5.41, 5.74) is 1.86. The van der Waals surface area contributed by atoms with E-state index in [1.54, 1.807) is 19.2 Å². The maximum Gasteiger partial charge on any atom is 0.203 e. The molecular weight excluding hydrogens is 269 g/mol. The summed E-state index contributed by atoms with van der Waals surface area (Å²) >= 11 is 0. The second-order valence-corrected chi connectivity index (χ2v) is 5.12. The first-order chi connectivity index (χ1) is 10.1. The normalized spacial score (nSPS) is 12.4. The molecule has 0 aliphatic rings. The van der Waals surface area contributed by atoms with E-state index in [1.165, 1.54) is 6.07 Å². The smallest absolute Gasteiger partial charge is 0.203 e. The van der Waals surface area contributed by atoms with E-state index in [1.807, 2.05) is 30.7 Å². The lowest BCUT2D eigenvalue weighted by atomic mass is 10.1. The Labute approximate surface area is 125 Å². The van der Waals surface area contributed by atoms with Gasteiger partial charge < -0.3 is 14.6 Å². The zero-order chi connectivity index (χ0) is 15.2. The molecule has 1 aromatic heterocycles. The van der Waals surface area contributed by atoms with E-state index in [0.717, 1.165) is 30.2 Å². The minimum atomic E-state index is -0.217. The minimum Gasteiger partial charge on any atom is -0.385 e. The van der Waals surface area contributed by atoms with Gasteiger partial charge >= 0.3 is 0 Å². The molecule has 0 saturated heterocycles. The summed E-state index contributed by atoms with van der Waals surface area (Å²) in [6.07, 6.45) is 2.89. The topological polar surface area (TPSA) is 39.1 Å². The summed E-state index contributed by atoms with van der Waals surface area (Å²) in [5.74, 6) is 0.589. The van der Waals surface area contributed by atoms with E-state index in [4.69, 9.17) is 4.74 Å². The summed E-state index contributed by atoms with van der Waals surface area (Å²) in [6.45, 7) is 5.50. The molecule has 0 aliphatic carbocycles. The SMILES string of the molecule is COCCCNc1nc(C)cn1C(C)c1cccc(F)c1. The van der Waals surface area contributed by atoms with E-state index >= 15 is 0 Å². The molecule has 4 nitrogen and oxygen atoms in total. The molecule has 0 bridgehead atoms. The van der Waals surface area contributed by atoms with Crippen molar-refractivity contribution in [3.63, 3.8) is 0 Å². The number of hydrogen-bond acceptors (Lipinski definition) is 3. The fraction of sp³-hybridized carbons (Fsp3) is 0.438. The van der Waals surface area contributed by atoms with Crippen LogP contribution < -0.4 is 5.32 Å². The second kappa shape index (κ2) is 7.22. The van der Waals surface area contributed by atoms with Crippen LogP contribution >= 0.6 is 0 Å². The number of rotatable bonds is 7. The first-order valence-corrected chi connectivity index (χ1v) is 7.15. The van der Waals surface area contributed by atoms with Gasteiger partial charge in [-0.1, -0.05) is 12.1 Å². The van der Waals surface area contributed by atoms with Crippen molar-refractivity contribution in [1.29, 1.82) is 0 Å². The molecule has 0 fully saturated rings. The molecule has 114 valence electrons. The van der Waals surface area contributed by atoms with Crippen LogP contribution in [-0.2, 0) is 4.74 Å². The monoisotopic (exact) mass is 291 g/mol. The lowest BCUT2D eigenvalue weighted by molar-refractivity contribution is 0.197. The molecule has 1 heterocycles. The molecule has 0 aliphatic heterocycles. The van der Waals surface area contributed by atoms with Crippen molar-refractivity contribution in [3.8, 4) is 0 Å². The van der Waals surface area contributed by atoms with Crippen molar-refractivity contribution >= 4 is 5.95 Å². The number of benzene rings is 1. The summed E-state index contributed by atoms with van der Waals surface area (Å²) in [4.78, 5) is 4.49. The average Bonchev–Trinajstić information content (AvgIpc) is 2.84. The maximum atomic E-state index is 13.4. The number of anilines is 1. The molecule has 2 aromatic rings. The molecule has 0 saturated carbocycles.